The SMILES string of the molecule is CC(CO)=C1CCc2ccc3c(c2)CC#CCC2(C)Oc4ccc5c(CO)c(C(CCO)COCO)c(=O)oc5c4C(OC(=O)CC(CCc4cccc(Cc5ccccc5)c4)C3)C2OC1=O. The zero-order chi connectivity index (χ0) is 47.1. The van der Waals surface area contributed by atoms with Crippen LogP contribution < -0.4 is 10.4 Å². The van der Waals surface area contributed by atoms with E-state index in [-0.39, 0.29) is 85.0 Å². The van der Waals surface area contributed by atoms with Gasteiger partial charge in [-0.1, -0.05) is 84.6 Å². The number of hydrogen-bond donors (Lipinski definition) is 4. The van der Waals surface area contributed by atoms with Crippen LogP contribution in [0.5, 0.6) is 5.75 Å². The van der Waals surface area contributed by atoms with Gasteiger partial charge < -0.3 is 43.8 Å². The first kappa shape index (κ1) is 47.4. The summed E-state index contributed by atoms with van der Waals surface area (Å²) in [6, 6.07) is 28.4. The molecule has 0 saturated carbocycles. The van der Waals surface area contributed by atoms with Gasteiger partial charge >= 0.3 is 17.6 Å². The molecule has 0 saturated heterocycles. The summed E-state index contributed by atoms with van der Waals surface area (Å²) in [5.41, 5.74) is 5.46. The Morgan fingerprint density at radius 3 is 2.45 bits per heavy atom. The number of benzene rings is 4. The van der Waals surface area contributed by atoms with Crippen LogP contribution in [0.25, 0.3) is 11.0 Å². The van der Waals surface area contributed by atoms with E-state index in [4.69, 9.17) is 23.4 Å². The van der Waals surface area contributed by atoms with Crippen LogP contribution in [0, 0.1) is 17.8 Å². The quantitative estimate of drug-likeness (QED) is 0.0312. The molecule has 5 atom stereocenters. The van der Waals surface area contributed by atoms with Crippen molar-refractivity contribution in [1.29, 1.82) is 0 Å². The van der Waals surface area contributed by atoms with Gasteiger partial charge in [0.2, 0.25) is 0 Å². The first-order chi connectivity index (χ1) is 32.5. The summed E-state index contributed by atoms with van der Waals surface area (Å²) in [5, 5.41) is 40.9. The molecule has 3 aliphatic rings. The van der Waals surface area contributed by atoms with Gasteiger partial charge in [0.15, 0.2) is 17.8 Å². The Kier molecular flexibility index (Phi) is 15.1. The molecule has 12 nitrogen and oxygen atoms in total. The van der Waals surface area contributed by atoms with E-state index in [1.54, 1.807) is 26.0 Å². The maximum Gasteiger partial charge on any atom is 0.340 e. The number of rotatable bonds is 13. The molecule has 5 bridgehead atoms. The molecule has 350 valence electrons. The van der Waals surface area contributed by atoms with Gasteiger partial charge in [0.1, 0.15) is 18.1 Å². The normalized spacial score (nSPS) is 21.7. The second-order valence-corrected chi connectivity index (χ2v) is 18.2. The van der Waals surface area contributed by atoms with Crippen LogP contribution in [-0.2, 0) is 62.5 Å². The average molecular weight is 911 g/mol. The smallest absolute Gasteiger partial charge is 0.340 e. The van der Waals surface area contributed by atoms with E-state index >= 15 is 0 Å². The Labute approximate surface area is 390 Å². The molecule has 8 rings (SSSR count). The van der Waals surface area contributed by atoms with Gasteiger partial charge in [-0.2, -0.15) is 0 Å². The molecule has 67 heavy (non-hydrogen) atoms. The van der Waals surface area contributed by atoms with E-state index in [1.807, 2.05) is 18.2 Å². The highest BCUT2D eigenvalue weighted by Crippen LogP contribution is 2.49. The fourth-order valence-electron chi connectivity index (χ4n) is 9.92. The lowest BCUT2D eigenvalue weighted by Crippen LogP contribution is -2.54. The maximum absolute atomic E-state index is 14.8. The fourth-order valence-corrected chi connectivity index (χ4v) is 9.92. The van der Waals surface area contributed by atoms with Gasteiger partial charge in [0.05, 0.1) is 31.8 Å². The molecule has 4 N–H and O–H groups in total. The topological polar surface area (TPSA) is 182 Å². The number of ether oxygens (including phenoxy) is 4. The average Bonchev–Trinajstić information content (AvgIpc) is 3.32. The van der Waals surface area contributed by atoms with Crippen LogP contribution in [0.15, 0.2) is 105 Å². The summed E-state index contributed by atoms with van der Waals surface area (Å²) < 4.78 is 31.3. The van der Waals surface area contributed by atoms with Crippen molar-refractivity contribution in [2.24, 2.45) is 5.92 Å². The Hall–Kier alpha value is -6.07. The lowest BCUT2D eigenvalue weighted by molar-refractivity contribution is -0.190. The van der Waals surface area contributed by atoms with Gasteiger partial charge in [-0.05, 0) is 121 Å². The molecule has 12 heteroatoms. The summed E-state index contributed by atoms with van der Waals surface area (Å²) in [6.07, 6.45) is 1.28. The van der Waals surface area contributed by atoms with Crippen molar-refractivity contribution in [3.05, 3.63) is 157 Å². The number of hydrogen-bond acceptors (Lipinski definition) is 12. The van der Waals surface area contributed by atoms with Crippen LogP contribution in [0.4, 0.5) is 0 Å². The van der Waals surface area contributed by atoms with Crippen LogP contribution in [0.1, 0.15) is 108 Å². The van der Waals surface area contributed by atoms with Crippen LogP contribution >= 0.6 is 0 Å². The highest BCUT2D eigenvalue weighted by atomic mass is 16.6. The second-order valence-electron chi connectivity index (χ2n) is 18.2. The van der Waals surface area contributed by atoms with E-state index < -0.39 is 54.7 Å². The standard InChI is InChI=1S/C55H58O12/c1-34(30-57)43-19-17-37-16-18-41-28-39(15-14-36-11-8-12-38(26-36)25-35-9-4-3-5-10-35)29-47(60)64-51-49-46(67-55(2,52(51)66-53(43)61)23-7-6-13-40(41)27-37)21-20-44-45(31-58)48(54(62)65-50(44)49)42(22-24-56)32-63-33-59/h3-5,8-12,16,18,20-21,26-27,39,42,51-52,56-59H,13-15,17,19,22-25,28-33H2,1-2H3. The Morgan fingerprint density at radius 1 is 0.866 bits per heavy atom. The molecular weight excluding hydrogens is 853 g/mol. The van der Waals surface area contributed by atoms with Crippen molar-refractivity contribution in [2.45, 2.75) is 108 Å². The number of carbonyl (C=O) groups is 2. The van der Waals surface area contributed by atoms with Gasteiger partial charge in [0.25, 0.3) is 0 Å². The second kappa shape index (κ2) is 21.3. The summed E-state index contributed by atoms with van der Waals surface area (Å²) in [4.78, 5) is 43.6. The van der Waals surface area contributed by atoms with Crippen molar-refractivity contribution in [3.63, 3.8) is 0 Å². The summed E-state index contributed by atoms with van der Waals surface area (Å²) in [7, 11) is 0. The molecule has 3 aliphatic heterocycles. The maximum atomic E-state index is 14.8. The Balaban J connectivity index is 1.26. The third-order valence-corrected chi connectivity index (χ3v) is 13.5. The van der Waals surface area contributed by atoms with Crippen molar-refractivity contribution in [3.8, 4) is 17.6 Å². The van der Waals surface area contributed by atoms with Crippen LogP contribution in [0.2, 0.25) is 0 Å². The highest BCUT2D eigenvalue weighted by Gasteiger charge is 2.53. The van der Waals surface area contributed by atoms with Crippen molar-refractivity contribution < 1.29 is 53.4 Å². The van der Waals surface area contributed by atoms with E-state index in [9.17, 15) is 34.8 Å². The van der Waals surface area contributed by atoms with E-state index in [0.29, 0.717) is 43.1 Å². The number of carbonyl (C=O) groups excluding carboxylic acids is 2. The minimum absolute atomic E-state index is 0.00384. The number of esters is 2. The fraction of sp³-hybridized carbons (Fsp3) is 0.400. The number of aliphatic hydroxyl groups excluding tert-OH is 4. The van der Waals surface area contributed by atoms with Gasteiger partial charge in [-0.3, -0.25) is 4.79 Å². The van der Waals surface area contributed by atoms with Crippen molar-refractivity contribution in [2.75, 3.05) is 26.6 Å². The first-order valence-electron chi connectivity index (χ1n) is 23.1. The highest BCUT2D eigenvalue weighted by molar-refractivity contribution is 5.90. The molecule has 1 aromatic heterocycles. The first-order valence-corrected chi connectivity index (χ1v) is 23.1. The zero-order valence-corrected chi connectivity index (χ0v) is 38.1. The Bertz CT molecular complexity index is 2760. The van der Waals surface area contributed by atoms with Gasteiger partial charge in [-0.15, -0.1) is 0 Å². The van der Waals surface area contributed by atoms with E-state index in [0.717, 1.165) is 28.7 Å². The summed E-state index contributed by atoms with van der Waals surface area (Å²) in [5.74, 6) is 4.65. The molecule has 4 heterocycles. The number of aliphatic hydroxyl groups is 4. The third kappa shape index (κ3) is 10.6. The molecule has 4 aromatic carbocycles. The largest absolute Gasteiger partial charge is 0.482 e. The monoisotopic (exact) mass is 910 g/mol. The lowest BCUT2D eigenvalue weighted by Gasteiger charge is -2.44. The minimum Gasteiger partial charge on any atom is -0.482 e. The molecule has 0 amide bonds. The van der Waals surface area contributed by atoms with E-state index in [2.05, 4.69) is 66.4 Å². The van der Waals surface area contributed by atoms with Gasteiger partial charge in [-0.25, -0.2) is 9.59 Å². The molecule has 0 radical (unpaired) electrons. The lowest BCUT2D eigenvalue weighted by atomic mass is 9.82. The molecular formula is C55H58O12. The number of aryl methyl sites for hydroxylation is 2. The Morgan fingerprint density at radius 2 is 1.67 bits per heavy atom. The molecule has 0 spiro atoms. The number of fused-ring (bicyclic) bond motifs is 7. The zero-order valence-electron chi connectivity index (χ0n) is 38.1. The minimum atomic E-state index is -1.41. The molecule has 5 aromatic rings. The molecule has 0 fully saturated rings. The van der Waals surface area contributed by atoms with Crippen molar-refractivity contribution in [1.82, 2.24) is 0 Å². The molecule has 5 unspecified atom stereocenters. The summed E-state index contributed by atoms with van der Waals surface area (Å²) in [6.45, 7) is 1.35. The predicted molar refractivity (Wildman–Crippen MR) is 250 cm³/mol. The van der Waals surface area contributed by atoms with Gasteiger partial charge in [0, 0.05) is 41.9 Å². The van der Waals surface area contributed by atoms with E-state index in [1.165, 1.54) is 11.1 Å². The third-order valence-electron chi connectivity index (χ3n) is 13.5. The van der Waals surface area contributed by atoms with Crippen molar-refractivity contribution >= 4 is 22.9 Å². The predicted octanol–water partition coefficient (Wildman–Crippen LogP) is 7.04. The van der Waals surface area contributed by atoms with Crippen LogP contribution in [0.3, 0.4) is 0 Å². The molecule has 0 aliphatic carbocycles. The summed E-state index contributed by atoms with van der Waals surface area (Å²) >= 11 is 0. The van der Waals surface area contributed by atoms with Crippen LogP contribution in [-0.4, -0.2) is 70.7 Å².